The molecule has 13 heteroatoms. The zero-order valence-electron chi connectivity index (χ0n) is 21.1. The number of amides is 3. The predicted octanol–water partition coefficient (Wildman–Crippen LogP) is 3.22. The lowest BCUT2D eigenvalue weighted by atomic mass is 10.0. The number of hydroxylamine groups is 1. The average molecular weight is 563 g/mol. The van der Waals surface area contributed by atoms with Gasteiger partial charge < -0.3 is 21.1 Å². The molecule has 3 rings (SSSR count). The Hall–Kier alpha value is -4.33. The van der Waals surface area contributed by atoms with Crippen molar-refractivity contribution >= 4 is 23.4 Å². The first kappa shape index (κ1) is 30.2. The van der Waals surface area contributed by atoms with Gasteiger partial charge in [-0.3, -0.25) is 19.6 Å². The molecule has 2 atom stereocenters. The SMILES string of the molecule is C[C@@H](O)[C@H](NC(=O)c1ccc(-c2ccc(NC(=O)CNCc3ccc(F)cc3C(F)(F)F)cc2)cc1)C(=O)NO. The van der Waals surface area contributed by atoms with Gasteiger partial charge in [0.1, 0.15) is 11.9 Å². The van der Waals surface area contributed by atoms with Gasteiger partial charge in [-0.25, -0.2) is 9.87 Å². The molecule has 0 radical (unpaired) electrons. The standard InChI is InChI=1S/C27H26F4N4O5/c1-15(36)24(26(39)35-40)34-25(38)18-4-2-16(3-5-18)17-7-10-21(11-8-17)33-23(37)14-32-13-19-6-9-20(28)12-22(19)27(29,30)31/h2-12,15,24,32,36,40H,13-14H2,1H3,(H,33,37)(H,34,38)(H,35,39)/t15-,24+/m1/s1. The number of nitrogens with one attached hydrogen (secondary N) is 4. The van der Waals surface area contributed by atoms with Gasteiger partial charge in [0, 0.05) is 17.8 Å². The first-order chi connectivity index (χ1) is 18.9. The molecule has 40 heavy (non-hydrogen) atoms. The number of carbonyl (C=O) groups is 3. The molecule has 0 spiro atoms. The summed E-state index contributed by atoms with van der Waals surface area (Å²) in [5.41, 5.74) is 2.22. The summed E-state index contributed by atoms with van der Waals surface area (Å²) in [5.74, 6) is -3.10. The molecular formula is C27H26F4N4O5. The smallest absolute Gasteiger partial charge is 0.391 e. The first-order valence-electron chi connectivity index (χ1n) is 11.9. The third-order valence-corrected chi connectivity index (χ3v) is 5.79. The molecule has 3 aromatic rings. The Bertz CT molecular complexity index is 1350. The van der Waals surface area contributed by atoms with Crippen molar-refractivity contribution in [3.05, 3.63) is 89.2 Å². The average Bonchev–Trinajstić information content (AvgIpc) is 2.91. The molecule has 0 aromatic heterocycles. The van der Waals surface area contributed by atoms with Gasteiger partial charge in [0.05, 0.1) is 18.2 Å². The molecule has 3 amide bonds. The molecule has 0 unspecified atom stereocenters. The highest BCUT2D eigenvalue weighted by atomic mass is 19.4. The molecule has 0 fully saturated rings. The van der Waals surface area contributed by atoms with E-state index in [1.165, 1.54) is 24.5 Å². The van der Waals surface area contributed by atoms with Crippen LogP contribution in [0.3, 0.4) is 0 Å². The van der Waals surface area contributed by atoms with Gasteiger partial charge in [-0.1, -0.05) is 30.3 Å². The Morgan fingerprint density at radius 2 is 1.52 bits per heavy atom. The van der Waals surface area contributed by atoms with E-state index < -0.39 is 47.4 Å². The van der Waals surface area contributed by atoms with E-state index in [9.17, 15) is 37.1 Å². The van der Waals surface area contributed by atoms with E-state index in [4.69, 9.17) is 5.21 Å². The summed E-state index contributed by atoms with van der Waals surface area (Å²) in [7, 11) is 0. The Morgan fingerprint density at radius 1 is 0.925 bits per heavy atom. The fourth-order valence-corrected chi connectivity index (χ4v) is 3.74. The van der Waals surface area contributed by atoms with Gasteiger partial charge in [0.15, 0.2) is 0 Å². The minimum Gasteiger partial charge on any atom is -0.391 e. The maximum absolute atomic E-state index is 13.2. The Labute approximate surface area is 226 Å². The third-order valence-electron chi connectivity index (χ3n) is 5.79. The van der Waals surface area contributed by atoms with Crippen LogP contribution in [0, 0.1) is 5.82 Å². The summed E-state index contributed by atoms with van der Waals surface area (Å²) in [6.07, 6.45) is -5.97. The highest BCUT2D eigenvalue weighted by molar-refractivity contribution is 5.98. The van der Waals surface area contributed by atoms with Crippen molar-refractivity contribution in [1.82, 2.24) is 16.1 Å². The number of hydrogen-bond donors (Lipinski definition) is 6. The van der Waals surface area contributed by atoms with E-state index in [1.807, 2.05) is 0 Å². The quantitative estimate of drug-likeness (QED) is 0.127. The highest BCUT2D eigenvalue weighted by Crippen LogP contribution is 2.32. The van der Waals surface area contributed by atoms with Crippen LogP contribution in [0.5, 0.6) is 0 Å². The molecule has 212 valence electrons. The minimum absolute atomic E-state index is 0.187. The number of hydrogen-bond acceptors (Lipinski definition) is 6. The van der Waals surface area contributed by atoms with E-state index in [-0.39, 0.29) is 24.2 Å². The van der Waals surface area contributed by atoms with Crippen LogP contribution >= 0.6 is 0 Å². The molecule has 3 aromatic carbocycles. The lowest BCUT2D eigenvalue weighted by Crippen LogP contribution is -2.51. The van der Waals surface area contributed by atoms with Gasteiger partial charge in [-0.2, -0.15) is 13.2 Å². The lowest BCUT2D eigenvalue weighted by Gasteiger charge is -2.19. The van der Waals surface area contributed by atoms with Crippen molar-refractivity contribution in [3.63, 3.8) is 0 Å². The third kappa shape index (κ3) is 8.09. The Morgan fingerprint density at radius 3 is 2.08 bits per heavy atom. The van der Waals surface area contributed by atoms with Gasteiger partial charge in [-0.15, -0.1) is 0 Å². The molecule has 9 nitrogen and oxygen atoms in total. The van der Waals surface area contributed by atoms with Crippen LogP contribution in [-0.4, -0.2) is 46.7 Å². The summed E-state index contributed by atoms with van der Waals surface area (Å²) in [6.45, 7) is 0.715. The molecule has 0 aliphatic rings. The second-order valence-corrected chi connectivity index (χ2v) is 8.77. The van der Waals surface area contributed by atoms with Crippen molar-refractivity contribution < 1.29 is 42.3 Å². The van der Waals surface area contributed by atoms with E-state index in [2.05, 4.69) is 16.0 Å². The number of alkyl halides is 3. The molecule has 0 bridgehead atoms. The molecule has 0 aliphatic carbocycles. The van der Waals surface area contributed by atoms with Crippen LogP contribution in [0.2, 0.25) is 0 Å². The fourth-order valence-electron chi connectivity index (χ4n) is 3.74. The number of halogens is 4. The van der Waals surface area contributed by atoms with E-state index in [1.54, 1.807) is 36.4 Å². The zero-order valence-corrected chi connectivity index (χ0v) is 21.1. The summed E-state index contributed by atoms with van der Waals surface area (Å²) >= 11 is 0. The van der Waals surface area contributed by atoms with E-state index in [0.29, 0.717) is 11.8 Å². The molecule has 6 N–H and O–H groups in total. The second-order valence-electron chi connectivity index (χ2n) is 8.77. The normalized spacial score (nSPS) is 12.8. The van der Waals surface area contributed by atoms with Gasteiger partial charge in [-0.05, 0) is 60.0 Å². The van der Waals surface area contributed by atoms with Crippen LogP contribution in [0.4, 0.5) is 23.2 Å². The van der Waals surface area contributed by atoms with Crippen LogP contribution < -0.4 is 21.4 Å². The first-order valence-corrected chi connectivity index (χ1v) is 11.9. The van der Waals surface area contributed by atoms with Gasteiger partial charge in [0.2, 0.25) is 5.91 Å². The number of carbonyl (C=O) groups excluding carboxylic acids is 3. The van der Waals surface area contributed by atoms with Gasteiger partial charge >= 0.3 is 6.18 Å². The van der Waals surface area contributed by atoms with Crippen LogP contribution in [-0.2, 0) is 22.3 Å². The molecule has 0 heterocycles. The fraction of sp³-hybridized carbons (Fsp3) is 0.222. The largest absolute Gasteiger partial charge is 0.416 e. The predicted molar refractivity (Wildman–Crippen MR) is 136 cm³/mol. The maximum atomic E-state index is 13.2. The number of benzene rings is 3. The Balaban J connectivity index is 1.55. The summed E-state index contributed by atoms with van der Waals surface area (Å²) in [5, 5.41) is 26.0. The minimum atomic E-state index is -4.73. The van der Waals surface area contributed by atoms with Crippen LogP contribution in [0.1, 0.15) is 28.4 Å². The summed E-state index contributed by atoms with van der Waals surface area (Å²) in [6, 6.07) is 14.0. The van der Waals surface area contributed by atoms with Gasteiger partial charge in [0.25, 0.3) is 11.8 Å². The maximum Gasteiger partial charge on any atom is 0.416 e. The highest BCUT2D eigenvalue weighted by Gasteiger charge is 2.33. The number of aliphatic hydroxyl groups excluding tert-OH is 1. The molecule has 0 saturated heterocycles. The summed E-state index contributed by atoms with van der Waals surface area (Å²) in [4.78, 5) is 36.2. The van der Waals surface area contributed by atoms with Crippen LogP contribution in [0.25, 0.3) is 11.1 Å². The molecule has 0 aliphatic heterocycles. The number of rotatable bonds is 10. The van der Waals surface area contributed by atoms with Crippen LogP contribution in [0.15, 0.2) is 66.7 Å². The number of anilines is 1. The summed E-state index contributed by atoms with van der Waals surface area (Å²) < 4.78 is 52.5. The van der Waals surface area contributed by atoms with Crippen molar-refractivity contribution in [2.45, 2.75) is 31.8 Å². The topological polar surface area (TPSA) is 140 Å². The zero-order chi connectivity index (χ0) is 29.4. The van der Waals surface area contributed by atoms with Crippen molar-refractivity contribution in [3.8, 4) is 11.1 Å². The lowest BCUT2D eigenvalue weighted by molar-refractivity contribution is -0.138. The van der Waals surface area contributed by atoms with E-state index in [0.717, 1.165) is 23.3 Å². The molecular weight excluding hydrogens is 536 g/mol. The van der Waals surface area contributed by atoms with Crippen molar-refractivity contribution in [2.75, 3.05) is 11.9 Å². The number of aliphatic hydroxyl groups is 1. The van der Waals surface area contributed by atoms with Crippen molar-refractivity contribution in [2.24, 2.45) is 0 Å². The monoisotopic (exact) mass is 562 g/mol. The van der Waals surface area contributed by atoms with E-state index >= 15 is 0 Å². The molecule has 0 saturated carbocycles. The Kier molecular flexibility index (Phi) is 9.93. The van der Waals surface area contributed by atoms with Crippen molar-refractivity contribution in [1.29, 1.82) is 0 Å². The second kappa shape index (κ2) is 13.2.